The molecule has 3 N–H and O–H groups in total. The number of azo groups is 1. The molecule has 13 nitrogen and oxygen atoms in total. The van der Waals surface area contributed by atoms with Crippen LogP contribution in [0.2, 0.25) is 5.28 Å². The van der Waals surface area contributed by atoms with Crippen LogP contribution < -0.4 is 5.32 Å². The van der Waals surface area contributed by atoms with Gasteiger partial charge in [0.25, 0.3) is 5.69 Å². The van der Waals surface area contributed by atoms with Crippen molar-refractivity contribution in [1.29, 1.82) is 0 Å². The first kappa shape index (κ1) is 29.0. The molecule has 216 valence electrons. The minimum Gasteiger partial charge on any atom is -0.506 e. The Morgan fingerprint density at radius 1 is 0.953 bits per heavy atom. The normalized spacial score (nSPS) is 11.6. The zero-order valence-electron chi connectivity index (χ0n) is 21.9. The molecular formula is C28H20ClN7O6S. The predicted molar refractivity (Wildman–Crippen MR) is 159 cm³/mol. The maximum absolute atomic E-state index is 12.0. The Balaban J connectivity index is 1.39. The van der Waals surface area contributed by atoms with Crippen LogP contribution in [0.15, 0.2) is 99.9 Å². The second-order valence-electron chi connectivity index (χ2n) is 9.00. The van der Waals surface area contributed by atoms with Gasteiger partial charge < -0.3 is 15.5 Å². The Bertz CT molecular complexity index is 2040. The second-order valence-corrected chi connectivity index (χ2v) is 11.2. The Labute approximate surface area is 249 Å². The summed E-state index contributed by atoms with van der Waals surface area (Å²) in [6, 6.07) is 17.9. The Morgan fingerprint density at radius 2 is 1.67 bits per heavy atom. The molecule has 1 aromatic heterocycles. The lowest BCUT2D eigenvalue weighted by molar-refractivity contribution is -0.384. The average molecular weight is 618 g/mol. The van der Waals surface area contributed by atoms with Gasteiger partial charge in [0.2, 0.25) is 11.2 Å². The summed E-state index contributed by atoms with van der Waals surface area (Å²) in [6.07, 6.45) is 0.248. The van der Waals surface area contributed by atoms with Crippen LogP contribution >= 0.6 is 11.6 Å². The number of rotatable bonds is 9. The lowest BCUT2D eigenvalue weighted by Crippen LogP contribution is -2.05. The number of nitro groups is 1. The van der Waals surface area contributed by atoms with Crippen molar-refractivity contribution < 1.29 is 23.6 Å². The van der Waals surface area contributed by atoms with Gasteiger partial charge in [-0.25, -0.2) is 13.4 Å². The molecule has 15 heteroatoms. The van der Waals surface area contributed by atoms with Gasteiger partial charge in [0.1, 0.15) is 22.9 Å². The van der Waals surface area contributed by atoms with Crippen LogP contribution in [-0.4, -0.2) is 38.5 Å². The molecular weight excluding hydrogens is 598 g/mol. The summed E-state index contributed by atoms with van der Waals surface area (Å²) in [6.45, 7) is 3.32. The number of halogens is 1. The smallest absolute Gasteiger partial charge is 0.271 e. The highest BCUT2D eigenvalue weighted by Gasteiger charge is 2.13. The molecule has 0 amide bonds. The van der Waals surface area contributed by atoms with Crippen LogP contribution in [0, 0.1) is 10.1 Å². The molecule has 0 atom stereocenters. The van der Waals surface area contributed by atoms with E-state index in [9.17, 15) is 28.7 Å². The zero-order chi connectivity index (χ0) is 30.7. The highest BCUT2D eigenvalue weighted by atomic mass is 35.5. The minimum absolute atomic E-state index is 0.0610. The molecule has 4 aromatic carbocycles. The number of hydrogen-bond acceptors (Lipinski definition) is 12. The Kier molecular flexibility index (Phi) is 7.96. The number of nitro benzene ring substituents is 1. The molecule has 0 spiro atoms. The van der Waals surface area contributed by atoms with Crippen LogP contribution in [0.25, 0.3) is 10.8 Å². The van der Waals surface area contributed by atoms with Crippen LogP contribution in [0.5, 0.6) is 11.5 Å². The number of phenolic OH excluding ortho intramolecular Hbond substituents is 2. The van der Waals surface area contributed by atoms with Gasteiger partial charge in [0, 0.05) is 35.0 Å². The summed E-state index contributed by atoms with van der Waals surface area (Å²) in [4.78, 5) is 23.2. The van der Waals surface area contributed by atoms with Gasteiger partial charge in [-0.2, -0.15) is 9.97 Å². The largest absolute Gasteiger partial charge is 0.506 e. The maximum Gasteiger partial charge on any atom is 0.271 e. The van der Waals surface area contributed by atoms with Crippen LogP contribution in [0.4, 0.5) is 28.7 Å². The molecule has 0 aliphatic rings. The number of nitrogens with zero attached hydrogens (tertiary/aromatic N) is 6. The molecule has 0 fully saturated rings. The van der Waals surface area contributed by atoms with E-state index < -0.39 is 14.8 Å². The van der Waals surface area contributed by atoms with E-state index in [2.05, 4.69) is 37.1 Å². The number of phenols is 2. The molecule has 0 aliphatic carbocycles. The SMILES string of the molecule is C=CS(=O)(=O)c1ccc(Cc2nc(Cl)nc(Nc3ccc4ccc(N=Nc5cc([N+](=O)[O-])ccc5O)c(O)c4c3)n2)cc1. The van der Waals surface area contributed by atoms with Crippen LogP contribution in [0.3, 0.4) is 0 Å². The average Bonchev–Trinajstić information content (AvgIpc) is 2.97. The molecule has 1 heterocycles. The number of anilines is 2. The van der Waals surface area contributed by atoms with Gasteiger partial charge in [0.05, 0.1) is 9.82 Å². The van der Waals surface area contributed by atoms with Crippen molar-refractivity contribution in [2.24, 2.45) is 10.2 Å². The number of aromatic hydroxyl groups is 2. The van der Waals surface area contributed by atoms with Crippen molar-refractivity contribution in [2.45, 2.75) is 11.3 Å². The van der Waals surface area contributed by atoms with Gasteiger partial charge in [-0.1, -0.05) is 30.8 Å². The minimum atomic E-state index is -3.55. The topological polar surface area (TPSA) is 193 Å². The van der Waals surface area contributed by atoms with E-state index in [1.54, 1.807) is 36.4 Å². The van der Waals surface area contributed by atoms with Gasteiger partial charge in [0.15, 0.2) is 15.6 Å². The number of sulfone groups is 1. The summed E-state index contributed by atoms with van der Waals surface area (Å²) in [5, 5.41) is 44.7. The van der Waals surface area contributed by atoms with E-state index in [1.165, 1.54) is 18.2 Å². The summed E-state index contributed by atoms with van der Waals surface area (Å²) in [5.74, 6) is -0.0606. The third-order valence-corrected chi connectivity index (χ3v) is 7.69. The van der Waals surface area contributed by atoms with Crippen molar-refractivity contribution in [3.63, 3.8) is 0 Å². The fourth-order valence-electron chi connectivity index (χ4n) is 3.99. The third kappa shape index (κ3) is 6.55. The van der Waals surface area contributed by atoms with Crippen molar-refractivity contribution in [1.82, 2.24) is 15.0 Å². The monoisotopic (exact) mass is 617 g/mol. The number of hydrogen-bond donors (Lipinski definition) is 3. The molecule has 0 saturated heterocycles. The third-order valence-electron chi connectivity index (χ3n) is 6.15. The van der Waals surface area contributed by atoms with Crippen molar-refractivity contribution in [3.8, 4) is 11.5 Å². The highest BCUT2D eigenvalue weighted by Crippen LogP contribution is 2.38. The van der Waals surface area contributed by atoms with Crippen molar-refractivity contribution in [2.75, 3.05) is 5.32 Å². The number of non-ortho nitro benzene ring substituents is 1. The maximum atomic E-state index is 12.0. The van der Waals surface area contributed by atoms with E-state index in [0.717, 1.165) is 29.2 Å². The lowest BCUT2D eigenvalue weighted by atomic mass is 10.1. The summed E-state index contributed by atoms with van der Waals surface area (Å²) >= 11 is 6.14. The molecule has 0 saturated carbocycles. The van der Waals surface area contributed by atoms with Crippen LogP contribution in [0.1, 0.15) is 11.4 Å². The molecule has 0 bridgehead atoms. The molecule has 0 radical (unpaired) electrons. The predicted octanol–water partition coefficient (Wildman–Crippen LogP) is 6.66. The molecule has 43 heavy (non-hydrogen) atoms. The number of benzene rings is 4. The molecule has 5 aromatic rings. The fraction of sp³-hybridized carbons (Fsp3) is 0.0357. The van der Waals surface area contributed by atoms with E-state index in [0.29, 0.717) is 22.3 Å². The van der Waals surface area contributed by atoms with Gasteiger partial charge in [-0.15, -0.1) is 10.2 Å². The first-order valence-electron chi connectivity index (χ1n) is 12.3. The molecule has 0 aliphatic heterocycles. The first-order chi connectivity index (χ1) is 20.5. The quantitative estimate of drug-likeness (QED) is 0.0913. The van der Waals surface area contributed by atoms with Crippen LogP contribution in [-0.2, 0) is 16.3 Å². The van der Waals surface area contributed by atoms with Crippen molar-refractivity contribution in [3.05, 3.63) is 112 Å². The summed E-state index contributed by atoms with van der Waals surface area (Å²) in [5.41, 5.74) is 0.897. The van der Waals surface area contributed by atoms with E-state index in [-0.39, 0.29) is 51.1 Å². The summed E-state index contributed by atoms with van der Waals surface area (Å²) in [7, 11) is -3.55. The second kappa shape index (κ2) is 11.8. The van der Waals surface area contributed by atoms with E-state index in [4.69, 9.17) is 11.6 Å². The van der Waals surface area contributed by atoms with Gasteiger partial charge in [-0.05, 0) is 58.9 Å². The fourth-order valence-corrected chi connectivity index (χ4v) is 4.88. The molecule has 5 rings (SSSR count). The highest BCUT2D eigenvalue weighted by molar-refractivity contribution is 7.94. The first-order valence-corrected chi connectivity index (χ1v) is 14.2. The Hall–Kier alpha value is -5.47. The standard InChI is InChI=1S/C28H20ClN7O6S/c1-2-43(41,42)20-9-3-16(4-10-20)13-25-31-27(29)33-28(32-25)30-18-7-5-17-6-11-22(26(38)21(17)14-18)34-35-23-15-19(36(39)40)8-12-24(23)37/h2-12,14-15,37-38H,1,13H2,(H,30,31,32,33). The van der Waals surface area contributed by atoms with Crippen molar-refractivity contribution >= 4 is 60.9 Å². The van der Waals surface area contributed by atoms with E-state index in [1.807, 2.05) is 0 Å². The lowest BCUT2D eigenvalue weighted by Gasteiger charge is -2.10. The summed E-state index contributed by atoms with van der Waals surface area (Å²) < 4.78 is 23.9. The molecule has 0 unspecified atom stereocenters. The van der Waals surface area contributed by atoms with E-state index >= 15 is 0 Å². The number of fused-ring (bicyclic) bond motifs is 1. The zero-order valence-corrected chi connectivity index (χ0v) is 23.5. The number of nitrogens with one attached hydrogen (secondary N) is 1. The van der Waals surface area contributed by atoms with Gasteiger partial charge in [-0.3, -0.25) is 10.1 Å². The van der Waals surface area contributed by atoms with Gasteiger partial charge >= 0.3 is 0 Å². The Morgan fingerprint density at radius 3 is 2.40 bits per heavy atom. The number of aromatic nitrogens is 3.